The van der Waals surface area contributed by atoms with Crippen LogP contribution in [0.2, 0.25) is 0 Å². The first kappa shape index (κ1) is 13.3. The molecule has 106 valence electrons. The smallest absolute Gasteiger partial charge is 0.224 e. The number of halogens is 1. The van der Waals surface area contributed by atoms with Gasteiger partial charge in [-0.25, -0.2) is 9.37 Å². The van der Waals surface area contributed by atoms with Crippen molar-refractivity contribution in [3.05, 3.63) is 65.7 Å². The SMILES string of the molecule is O=C(Cc1ccc2nc[nH]c2c1)NCc1cccc(F)c1. The van der Waals surface area contributed by atoms with Crippen molar-refractivity contribution in [1.82, 2.24) is 15.3 Å². The number of amides is 1. The number of hydrogen-bond donors (Lipinski definition) is 2. The normalized spacial score (nSPS) is 10.7. The van der Waals surface area contributed by atoms with Crippen LogP contribution in [0.5, 0.6) is 0 Å². The Morgan fingerprint density at radius 2 is 2.10 bits per heavy atom. The summed E-state index contributed by atoms with van der Waals surface area (Å²) in [7, 11) is 0. The van der Waals surface area contributed by atoms with Gasteiger partial charge in [0.25, 0.3) is 0 Å². The molecule has 0 aliphatic carbocycles. The molecule has 0 unspecified atom stereocenters. The lowest BCUT2D eigenvalue weighted by molar-refractivity contribution is -0.120. The summed E-state index contributed by atoms with van der Waals surface area (Å²) in [6.45, 7) is 0.322. The third-order valence-electron chi connectivity index (χ3n) is 3.23. The number of carbonyl (C=O) groups is 1. The van der Waals surface area contributed by atoms with Crippen LogP contribution in [-0.2, 0) is 17.8 Å². The fourth-order valence-corrected chi connectivity index (χ4v) is 2.19. The molecule has 0 saturated carbocycles. The van der Waals surface area contributed by atoms with Crippen LogP contribution in [0.25, 0.3) is 11.0 Å². The van der Waals surface area contributed by atoms with E-state index in [-0.39, 0.29) is 18.1 Å². The first-order chi connectivity index (χ1) is 10.2. The number of hydrogen-bond acceptors (Lipinski definition) is 2. The average Bonchev–Trinajstić information content (AvgIpc) is 2.93. The highest BCUT2D eigenvalue weighted by atomic mass is 19.1. The zero-order valence-electron chi connectivity index (χ0n) is 11.3. The van der Waals surface area contributed by atoms with Crippen molar-refractivity contribution in [2.45, 2.75) is 13.0 Å². The molecule has 0 bridgehead atoms. The summed E-state index contributed by atoms with van der Waals surface area (Å²) in [5, 5.41) is 2.79. The molecule has 3 aromatic rings. The van der Waals surface area contributed by atoms with Gasteiger partial charge in [-0.1, -0.05) is 18.2 Å². The number of aromatic nitrogens is 2. The molecule has 21 heavy (non-hydrogen) atoms. The van der Waals surface area contributed by atoms with E-state index in [1.165, 1.54) is 12.1 Å². The van der Waals surface area contributed by atoms with E-state index in [0.717, 1.165) is 22.2 Å². The summed E-state index contributed by atoms with van der Waals surface area (Å²) in [4.78, 5) is 19.1. The minimum absolute atomic E-state index is 0.0990. The monoisotopic (exact) mass is 283 g/mol. The van der Waals surface area contributed by atoms with Crippen LogP contribution in [-0.4, -0.2) is 15.9 Å². The van der Waals surface area contributed by atoms with Crippen molar-refractivity contribution >= 4 is 16.9 Å². The molecule has 1 aromatic heterocycles. The van der Waals surface area contributed by atoms with Crippen LogP contribution < -0.4 is 5.32 Å². The Balaban J connectivity index is 1.60. The van der Waals surface area contributed by atoms with Gasteiger partial charge in [-0.2, -0.15) is 0 Å². The number of imidazole rings is 1. The number of aromatic amines is 1. The lowest BCUT2D eigenvalue weighted by atomic mass is 10.1. The number of fused-ring (bicyclic) bond motifs is 1. The first-order valence-corrected chi connectivity index (χ1v) is 6.64. The van der Waals surface area contributed by atoms with Crippen molar-refractivity contribution in [1.29, 1.82) is 0 Å². The Morgan fingerprint density at radius 3 is 2.95 bits per heavy atom. The quantitative estimate of drug-likeness (QED) is 0.773. The predicted octanol–water partition coefficient (Wildman–Crippen LogP) is 2.56. The van der Waals surface area contributed by atoms with E-state index < -0.39 is 0 Å². The molecule has 2 aromatic carbocycles. The Kier molecular flexibility index (Phi) is 3.64. The number of nitrogens with one attached hydrogen (secondary N) is 2. The molecule has 0 fully saturated rings. The third kappa shape index (κ3) is 3.25. The van der Waals surface area contributed by atoms with E-state index >= 15 is 0 Å². The van der Waals surface area contributed by atoms with Gasteiger partial charge in [-0.05, 0) is 35.4 Å². The van der Waals surface area contributed by atoms with Crippen molar-refractivity contribution in [2.75, 3.05) is 0 Å². The molecule has 0 aliphatic heterocycles. The van der Waals surface area contributed by atoms with Gasteiger partial charge in [0.2, 0.25) is 5.91 Å². The lowest BCUT2D eigenvalue weighted by Crippen LogP contribution is -2.24. The van der Waals surface area contributed by atoms with Gasteiger partial charge in [0.15, 0.2) is 0 Å². The lowest BCUT2D eigenvalue weighted by Gasteiger charge is -2.06. The molecule has 0 radical (unpaired) electrons. The van der Waals surface area contributed by atoms with E-state index in [9.17, 15) is 9.18 Å². The second-order valence-corrected chi connectivity index (χ2v) is 4.84. The zero-order valence-corrected chi connectivity index (χ0v) is 11.3. The molecular weight excluding hydrogens is 269 g/mol. The third-order valence-corrected chi connectivity index (χ3v) is 3.23. The summed E-state index contributed by atoms with van der Waals surface area (Å²) in [6, 6.07) is 11.9. The molecule has 0 aliphatic rings. The zero-order chi connectivity index (χ0) is 14.7. The fourth-order valence-electron chi connectivity index (χ4n) is 2.19. The van der Waals surface area contributed by atoms with Crippen molar-refractivity contribution in [3.63, 3.8) is 0 Å². The topological polar surface area (TPSA) is 57.8 Å². The maximum absolute atomic E-state index is 13.0. The first-order valence-electron chi connectivity index (χ1n) is 6.64. The van der Waals surface area contributed by atoms with Crippen LogP contribution in [0.1, 0.15) is 11.1 Å². The van der Waals surface area contributed by atoms with Crippen molar-refractivity contribution < 1.29 is 9.18 Å². The van der Waals surface area contributed by atoms with Crippen LogP contribution in [0.15, 0.2) is 48.8 Å². The largest absolute Gasteiger partial charge is 0.352 e. The van der Waals surface area contributed by atoms with Gasteiger partial charge < -0.3 is 10.3 Å². The second kappa shape index (κ2) is 5.75. The molecule has 2 N–H and O–H groups in total. The molecule has 1 amide bonds. The summed E-state index contributed by atoms with van der Waals surface area (Å²) >= 11 is 0. The number of rotatable bonds is 4. The fraction of sp³-hybridized carbons (Fsp3) is 0.125. The van der Waals surface area contributed by atoms with Gasteiger partial charge in [0, 0.05) is 6.54 Å². The summed E-state index contributed by atoms with van der Waals surface area (Å²) < 4.78 is 13.0. The standard InChI is InChI=1S/C16H14FN3O/c17-13-3-1-2-12(6-13)9-18-16(21)8-11-4-5-14-15(7-11)20-10-19-14/h1-7,10H,8-9H2,(H,18,21)(H,19,20). The van der Waals surface area contributed by atoms with Gasteiger partial charge >= 0.3 is 0 Å². The van der Waals surface area contributed by atoms with E-state index in [4.69, 9.17) is 0 Å². The highest BCUT2D eigenvalue weighted by molar-refractivity contribution is 5.81. The van der Waals surface area contributed by atoms with Crippen molar-refractivity contribution in [2.24, 2.45) is 0 Å². The molecule has 5 heteroatoms. The summed E-state index contributed by atoms with van der Waals surface area (Å²) in [5.41, 5.74) is 3.43. The molecular formula is C16H14FN3O. The van der Waals surface area contributed by atoms with E-state index in [0.29, 0.717) is 6.54 Å². The minimum atomic E-state index is -0.300. The van der Waals surface area contributed by atoms with E-state index in [1.807, 2.05) is 18.2 Å². The average molecular weight is 283 g/mol. The van der Waals surface area contributed by atoms with Gasteiger partial charge in [0.1, 0.15) is 5.82 Å². The van der Waals surface area contributed by atoms with Gasteiger partial charge in [0.05, 0.1) is 23.8 Å². The number of benzene rings is 2. The summed E-state index contributed by atoms with van der Waals surface area (Å²) in [6.07, 6.45) is 1.91. The number of H-pyrrole nitrogens is 1. The van der Waals surface area contributed by atoms with Crippen LogP contribution >= 0.6 is 0 Å². The van der Waals surface area contributed by atoms with E-state index in [2.05, 4.69) is 15.3 Å². The molecule has 3 rings (SSSR count). The van der Waals surface area contributed by atoms with Crippen LogP contribution in [0.3, 0.4) is 0 Å². The highest BCUT2D eigenvalue weighted by Gasteiger charge is 2.05. The number of nitrogens with zero attached hydrogens (tertiary/aromatic N) is 1. The number of carbonyl (C=O) groups excluding carboxylic acids is 1. The van der Waals surface area contributed by atoms with Crippen LogP contribution in [0.4, 0.5) is 4.39 Å². The van der Waals surface area contributed by atoms with Gasteiger partial charge in [-0.3, -0.25) is 4.79 Å². The maximum atomic E-state index is 13.0. The summed E-state index contributed by atoms with van der Waals surface area (Å²) in [5.74, 6) is -0.399. The predicted molar refractivity (Wildman–Crippen MR) is 78.0 cm³/mol. The minimum Gasteiger partial charge on any atom is -0.352 e. The molecule has 0 saturated heterocycles. The Labute approximate surface area is 121 Å². The Morgan fingerprint density at radius 1 is 1.19 bits per heavy atom. The van der Waals surface area contributed by atoms with E-state index in [1.54, 1.807) is 18.5 Å². The van der Waals surface area contributed by atoms with Gasteiger partial charge in [-0.15, -0.1) is 0 Å². The molecule has 1 heterocycles. The maximum Gasteiger partial charge on any atom is 0.224 e. The molecule has 0 atom stereocenters. The van der Waals surface area contributed by atoms with Crippen molar-refractivity contribution in [3.8, 4) is 0 Å². The molecule has 4 nitrogen and oxygen atoms in total. The molecule has 0 spiro atoms. The second-order valence-electron chi connectivity index (χ2n) is 4.84. The Hall–Kier alpha value is -2.69. The Bertz CT molecular complexity index is 782. The highest BCUT2D eigenvalue weighted by Crippen LogP contribution is 2.12. The van der Waals surface area contributed by atoms with Crippen LogP contribution in [0, 0.1) is 5.82 Å².